The van der Waals surface area contributed by atoms with Gasteiger partial charge in [-0.1, -0.05) is 29.8 Å². The SMILES string of the molecule is Cc1ccc(C(CNC(=O)C23CC4CC(CC(C4)C2)C3)N2CCOCC2)cc1. The minimum absolute atomic E-state index is 0.0580. The van der Waals surface area contributed by atoms with E-state index in [-0.39, 0.29) is 11.5 Å². The molecule has 1 amide bonds. The molecule has 1 N–H and O–H groups in total. The van der Waals surface area contributed by atoms with E-state index < -0.39 is 0 Å². The van der Waals surface area contributed by atoms with Crippen LogP contribution in [0.25, 0.3) is 0 Å². The number of ether oxygens (including phenoxy) is 1. The van der Waals surface area contributed by atoms with Crippen LogP contribution in [0.2, 0.25) is 0 Å². The molecule has 1 unspecified atom stereocenters. The van der Waals surface area contributed by atoms with Gasteiger partial charge in [-0.25, -0.2) is 0 Å². The molecule has 0 spiro atoms. The molecule has 5 fully saturated rings. The molecule has 0 aromatic heterocycles. The van der Waals surface area contributed by atoms with Gasteiger partial charge in [0.2, 0.25) is 5.91 Å². The van der Waals surface area contributed by atoms with Crippen LogP contribution in [-0.4, -0.2) is 43.7 Å². The fourth-order valence-electron chi connectivity index (χ4n) is 6.90. The molecule has 5 aliphatic rings. The van der Waals surface area contributed by atoms with E-state index in [9.17, 15) is 4.79 Å². The molecule has 1 atom stereocenters. The lowest BCUT2D eigenvalue weighted by atomic mass is 9.49. The summed E-state index contributed by atoms with van der Waals surface area (Å²) in [5.41, 5.74) is 2.53. The molecule has 6 rings (SSSR count). The Morgan fingerprint density at radius 3 is 2.21 bits per heavy atom. The van der Waals surface area contributed by atoms with Crippen LogP contribution in [0.3, 0.4) is 0 Å². The molecule has 28 heavy (non-hydrogen) atoms. The first-order chi connectivity index (χ1) is 13.6. The predicted molar refractivity (Wildman–Crippen MR) is 110 cm³/mol. The van der Waals surface area contributed by atoms with Crippen molar-refractivity contribution < 1.29 is 9.53 Å². The second kappa shape index (κ2) is 7.46. The molecule has 4 aliphatic carbocycles. The molecule has 152 valence electrons. The highest BCUT2D eigenvalue weighted by atomic mass is 16.5. The maximum absolute atomic E-state index is 13.4. The van der Waals surface area contributed by atoms with Gasteiger partial charge in [-0.05, 0) is 68.8 Å². The van der Waals surface area contributed by atoms with Gasteiger partial charge >= 0.3 is 0 Å². The largest absolute Gasteiger partial charge is 0.379 e. The Labute approximate surface area is 169 Å². The summed E-state index contributed by atoms with van der Waals surface area (Å²) in [6, 6.07) is 9.06. The highest BCUT2D eigenvalue weighted by molar-refractivity contribution is 5.83. The van der Waals surface area contributed by atoms with Crippen LogP contribution in [-0.2, 0) is 9.53 Å². The molecule has 1 heterocycles. The van der Waals surface area contributed by atoms with Gasteiger partial charge in [0.25, 0.3) is 0 Å². The zero-order valence-corrected chi connectivity index (χ0v) is 17.2. The Balaban J connectivity index is 1.30. The van der Waals surface area contributed by atoms with Crippen molar-refractivity contribution >= 4 is 5.91 Å². The summed E-state index contributed by atoms with van der Waals surface area (Å²) in [6.45, 7) is 6.28. The fraction of sp³-hybridized carbons (Fsp3) is 0.708. The average Bonchev–Trinajstić information content (AvgIpc) is 2.69. The second-order valence-corrected chi connectivity index (χ2v) is 9.98. The smallest absolute Gasteiger partial charge is 0.226 e. The summed E-state index contributed by atoms with van der Waals surface area (Å²) in [7, 11) is 0. The van der Waals surface area contributed by atoms with E-state index >= 15 is 0 Å². The standard InChI is InChI=1S/C24H34N2O2/c1-17-2-4-21(5-3-17)22(26-6-8-28-9-7-26)16-25-23(27)24-13-18-10-19(14-24)12-20(11-18)15-24/h2-5,18-20,22H,6-16H2,1H3,(H,25,27). The van der Waals surface area contributed by atoms with Crippen LogP contribution >= 0.6 is 0 Å². The van der Waals surface area contributed by atoms with Crippen molar-refractivity contribution in [2.45, 2.75) is 51.5 Å². The number of nitrogens with one attached hydrogen (secondary N) is 1. The van der Waals surface area contributed by atoms with E-state index in [1.54, 1.807) is 0 Å². The quantitative estimate of drug-likeness (QED) is 0.844. The molecular formula is C24H34N2O2. The summed E-state index contributed by atoms with van der Waals surface area (Å²) < 4.78 is 5.57. The first kappa shape index (κ1) is 18.6. The Kier molecular flexibility index (Phi) is 4.96. The number of carbonyl (C=O) groups excluding carboxylic acids is 1. The average molecular weight is 383 g/mol. The molecule has 4 nitrogen and oxygen atoms in total. The van der Waals surface area contributed by atoms with E-state index in [0.29, 0.717) is 12.5 Å². The Hall–Kier alpha value is -1.39. The molecule has 4 saturated carbocycles. The van der Waals surface area contributed by atoms with Gasteiger partial charge in [0.05, 0.1) is 19.3 Å². The van der Waals surface area contributed by atoms with Crippen LogP contribution in [0.5, 0.6) is 0 Å². The molecule has 1 aromatic carbocycles. The summed E-state index contributed by atoms with van der Waals surface area (Å²) >= 11 is 0. The van der Waals surface area contributed by atoms with Gasteiger partial charge < -0.3 is 10.1 Å². The molecular weight excluding hydrogens is 348 g/mol. The normalized spacial score (nSPS) is 35.7. The first-order valence-corrected chi connectivity index (χ1v) is 11.3. The first-order valence-electron chi connectivity index (χ1n) is 11.3. The van der Waals surface area contributed by atoms with Gasteiger partial charge in [-0.2, -0.15) is 0 Å². The predicted octanol–water partition coefficient (Wildman–Crippen LogP) is 3.70. The number of hydrogen-bond donors (Lipinski definition) is 1. The number of rotatable bonds is 5. The number of morpholine rings is 1. The van der Waals surface area contributed by atoms with Gasteiger partial charge in [0.1, 0.15) is 0 Å². The molecule has 0 radical (unpaired) electrons. The summed E-state index contributed by atoms with van der Waals surface area (Å²) in [5, 5.41) is 3.43. The maximum atomic E-state index is 13.4. The third-order valence-electron chi connectivity index (χ3n) is 7.92. The summed E-state index contributed by atoms with van der Waals surface area (Å²) in [5.74, 6) is 2.77. The van der Waals surface area contributed by atoms with Crippen molar-refractivity contribution in [2.75, 3.05) is 32.8 Å². The summed E-state index contributed by atoms with van der Waals surface area (Å²) in [6.07, 6.45) is 7.55. The Bertz CT molecular complexity index is 673. The van der Waals surface area contributed by atoms with Crippen LogP contribution in [0.4, 0.5) is 0 Å². The lowest BCUT2D eigenvalue weighted by Crippen LogP contribution is -2.54. The van der Waals surface area contributed by atoms with E-state index in [2.05, 4.69) is 41.4 Å². The van der Waals surface area contributed by atoms with E-state index in [1.165, 1.54) is 30.4 Å². The van der Waals surface area contributed by atoms with Crippen molar-refractivity contribution in [3.05, 3.63) is 35.4 Å². The second-order valence-electron chi connectivity index (χ2n) is 9.98. The van der Waals surface area contributed by atoms with Crippen LogP contribution in [0.1, 0.15) is 55.7 Å². The van der Waals surface area contributed by atoms with Crippen molar-refractivity contribution in [1.82, 2.24) is 10.2 Å². The van der Waals surface area contributed by atoms with Crippen LogP contribution in [0.15, 0.2) is 24.3 Å². The van der Waals surface area contributed by atoms with Gasteiger partial charge in [0, 0.05) is 25.0 Å². The number of carbonyl (C=O) groups is 1. The van der Waals surface area contributed by atoms with E-state index in [1.807, 2.05) is 0 Å². The fourth-order valence-corrected chi connectivity index (χ4v) is 6.90. The van der Waals surface area contributed by atoms with Crippen LogP contribution < -0.4 is 5.32 Å². The van der Waals surface area contributed by atoms with Crippen LogP contribution in [0, 0.1) is 30.1 Å². The molecule has 1 saturated heterocycles. The summed E-state index contributed by atoms with van der Waals surface area (Å²) in [4.78, 5) is 15.9. The third-order valence-corrected chi connectivity index (χ3v) is 7.92. The molecule has 4 heteroatoms. The van der Waals surface area contributed by atoms with Crippen molar-refractivity contribution in [1.29, 1.82) is 0 Å². The number of nitrogens with zero attached hydrogens (tertiary/aromatic N) is 1. The Morgan fingerprint density at radius 2 is 1.64 bits per heavy atom. The van der Waals surface area contributed by atoms with Gasteiger partial charge in [-0.3, -0.25) is 9.69 Å². The lowest BCUT2D eigenvalue weighted by molar-refractivity contribution is -0.146. The van der Waals surface area contributed by atoms with Gasteiger partial charge in [0.15, 0.2) is 0 Å². The highest BCUT2D eigenvalue weighted by Crippen LogP contribution is 2.60. The van der Waals surface area contributed by atoms with Crippen molar-refractivity contribution in [2.24, 2.45) is 23.2 Å². The maximum Gasteiger partial charge on any atom is 0.226 e. The van der Waals surface area contributed by atoms with Crippen molar-refractivity contribution in [3.8, 4) is 0 Å². The zero-order valence-electron chi connectivity index (χ0n) is 17.2. The monoisotopic (exact) mass is 382 g/mol. The molecule has 1 aliphatic heterocycles. The topological polar surface area (TPSA) is 41.6 Å². The van der Waals surface area contributed by atoms with E-state index in [4.69, 9.17) is 4.74 Å². The number of aryl methyl sites for hydroxylation is 1. The number of hydrogen-bond acceptors (Lipinski definition) is 3. The third kappa shape index (κ3) is 3.50. The molecule has 4 bridgehead atoms. The lowest BCUT2D eigenvalue weighted by Gasteiger charge is -2.55. The zero-order chi connectivity index (χ0) is 19.1. The molecule has 1 aromatic rings. The number of benzene rings is 1. The Morgan fingerprint density at radius 1 is 1.07 bits per heavy atom. The van der Waals surface area contributed by atoms with E-state index in [0.717, 1.165) is 63.3 Å². The highest BCUT2D eigenvalue weighted by Gasteiger charge is 2.54. The minimum Gasteiger partial charge on any atom is -0.379 e. The van der Waals surface area contributed by atoms with Crippen molar-refractivity contribution in [3.63, 3.8) is 0 Å². The minimum atomic E-state index is -0.0580. The van der Waals surface area contributed by atoms with Gasteiger partial charge in [-0.15, -0.1) is 0 Å². The number of amides is 1.